The molecule has 6 heteroatoms. The summed E-state index contributed by atoms with van der Waals surface area (Å²) in [6, 6.07) is 9.77. The molecule has 2 N–H and O–H groups in total. The number of para-hydroxylation sites is 1. The summed E-state index contributed by atoms with van der Waals surface area (Å²) in [5.74, 6) is 0.0712. The van der Waals surface area contributed by atoms with E-state index in [1.165, 1.54) is 0 Å². The van der Waals surface area contributed by atoms with Gasteiger partial charge in [0.2, 0.25) is 0 Å². The Morgan fingerprint density at radius 2 is 2.05 bits per heavy atom. The van der Waals surface area contributed by atoms with E-state index in [0.29, 0.717) is 6.54 Å². The molecule has 1 saturated heterocycles. The van der Waals surface area contributed by atoms with Crippen molar-refractivity contribution in [2.45, 2.75) is 25.8 Å². The van der Waals surface area contributed by atoms with Crippen molar-refractivity contribution < 1.29 is 4.79 Å². The van der Waals surface area contributed by atoms with Crippen LogP contribution in [0, 0.1) is 6.92 Å². The van der Waals surface area contributed by atoms with Crippen LogP contribution in [-0.4, -0.2) is 34.9 Å². The first-order valence-electron chi connectivity index (χ1n) is 7.06. The molecule has 1 aliphatic rings. The number of hydrogen-bond acceptors (Lipinski definition) is 3. The second kappa shape index (κ2) is 7.77. The van der Waals surface area contributed by atoms with Crippen molar-refractivity contribution in [2.75, 3.05) is 13.1 Å². The first-order chi connectivity index (χ1) is 9.65. The topological polar surface area (TPSA) is 59.2 Å². The molecule has 3 rings (SSSR count). The Kier molecular flexibility index (Phi) is 6.60. The van der Waals surface area contributed by atoms with Crippen LogP contribution < -0.4 is 5.73 Å². The van der Waals surface area contributed by atoms with Gasteiger partial charge in [-0.05, 0) is 31.9 Å². The molecular weight excluding hydrogens is 321 g/mol. The van der Waals surface area contributed by atoms with Crippen molar-refractivity contribution >= 4 is 41.6 Å². The van der Waals surface area contributed by atoms with E-state index in [4.69, 9.17) is 5.73 Å². The lowest BCUT2D eigenvalue weighted by Gasteiger charge is -2.31. The number of aromatic nitrogens is 1. The van der Waals surface area contributed by atoms with Crippen LogP contribution in [0.2, 0.25) is 0 Å². The number of piperidine rings is 1. The fraction of sp³-hybridized carbons (Fsp3) is 0.375. The standard InChI is InChI=1S/C16H19N3O.2ClH/c1-11-9-14(13-6-2-3-7-15(13)18-11)16(20)19-8-4-5-12(17)10-19;;/h2-3,6-7,9,12H,4-5,8,10,17H2,1H3;2*1H. The lowest BCUT2D eigenvalue weighted by Crippen LogP contribution is -2.45. The van der Waals surface area contributed by atoms with Crippen molar-refractivity contribution in [3.63, 3.8) is 0 Å². The molecule has 0 bridgehead atoms. The molecule has 1 unspecified atom stereocenters. The second-order valence-electron chi connectivity index (χ2n) is 5.48. The minimum Gasteiger partial charge on any atom is -0.337 e. The van der Waals surface area contributed by atoms with Crippen LogP contribution in [0.25, 0.3) is 10.9 Å². The molecule has 0 spiro atoms. The number of hydrogen-bond donors (Lipinski definition) is 1. The van der Waals surface area contributed by atoms with Gasteiger partial charge in [0.1, 0.15) is 0 Å². The van der Waals surface area contributed by atoms with Crippen molar-refractivity contribution in [3.05, 3.63) is 41.6 Å². The molecule has 22 heavy (non-hydrogen) atoms. The molecule has 1 aromatic carbocycles. The molecule has 1 atom stereocenters. The van der Waals surface area contributed by atoms with E-state index >= 15 is 0 Å². The molecule has 4 nitrogen and oxygen atoms in total. The third-order valence-electron chi connectivity index (χ3n) is 3.82. The number of nitrogens with two attached hydrogens (primary N) is 1. The van der Waals surface area contributed by atoms with Gasteiger partial charge in [0, 0.05) is 30.2 Å². The number of halogens is 2. The van der Waals surface area contributed by atoms with Gasteiger partial charge in [-0.2, -0.15) is 0 Å². The zero-order chi connectivity index (χ0) is 14.1. The fourth-order valence-electron chi connectivity index (χ4n) is 2.85. The number of carbonyl (C=O) groups excluding carboxylic acids is 1. The Morgan fingerprint density at radius 1 is 1.32 bits per heavy atom. The smallest absolute Gasteiger partial charge is 0.254 e. The van der Waals surface area contributed by atoms with Crippen LogP contribution in [0.15, 0.2) is 30.3 Å². The van der Waals surface area contributed by atoms with Gasteiger partial charge in [-0.15, -0.1) is 24.8 Å². The van der Waals surface area contributed by atoms with Crippen molar-refractivity contribution in [1.82, 2.24) is 9.88 Å². The van der Waals surface area contributed by atoms with Crippen LogP contribution in [0.5, 0.6) is 0 Å². The normalized spacial score (nSPS) is 17.5. The van der Waals surface area contributed by atoms with E-state index in [0.717, 1.165) is 41.5 Å². The highest BCUT2D eigenvalue weighted by Gasteiger charge is 2.23. The van der Waals surface area contributed by atoms with Crippen molar-refractivity contribution in [2.24, 2.45) is 5.73 Å². The van der Waals surface area contributed by atoms with Gasteiger partial charge in [-0.3, -0.25) is 9.78 Å². The largest absolute Gasteiger partial charge is 0.337 e. The maximum atomic E-state index is 12.8. The summed E-state index contributed by atoms with van der Waals surface area (Å²) in [5.41, 5.74) is 8.46. The van der Waals surface area contributed by atoms with Gasteiger partial charge in [-0.1, -0.05) is 18.2 Å². The monoisotopic (exact) mass is 341 g/mol. The first kappa shape index (κ1) is 18.7. The van der Waals surface area contributed by atoms with E-state index in [-0.39, 0.29) is 36.8 Å². The predicted octanol–water partition coefficient (Wildman–Crippen LogP) is 2.95. The van der Waals surface area contributed by atoms with Gasteiger partial charge in [0.05, 0.1) is 11.1 Å². The van der Waals surface area contributed by atoms with Crippen LogP contribution in [0.1, 0.15) is 28.9 Å². The van der Waals surface area contributed by atoms with Crippen LogP contribution >= 0.6 is 24.8 Å². The van der Waals surface area contributed by atoms with E-state index in [2.05, 4.69) is 4.98 Å². The molecular formula is C16H21Cl2N3O. The van der Waals surface area contributed by atoms with Gasteiger partial charge >= 0.3 is 0 Å². The predicted molar refractivity (Wildman–Crippen MR) is 94.1 cm³/mol. The molecule has 0 aliphatic carbocycles. The number of benzene rings is 1. The summed E-state index contributed by atoms with van der Waals surface area (Å²) in [4.78, 5) is 19.1. The lowest BCUT2D eigenvalue weighted by molar-refractivity contribution is 0.0710. The maximum Gasteiger partial charge on any atom is 0.254 e. The Balaban J connectivity index is 0.00000121. The molecule has 1 fully saturated rings. The molecule has 2 heterocycles. The number of pyridine rings is 1. The number of fused-ring (bicyclic) bond motifs is 1. The Bertz CT molecular complexity index is 663. The summed E-state index contributed by atoms with van der Waals surface area (Å²) >= 11 is 0. The van der Waals surface area contributed by atoms with E-state index in [1.54, 1.807) is 0 Å². The molecule has 1 amide bonds. The number of likely N-dealkylation sites (tertiary alicyclic amines) is 1. The molecule has 0 saturated carbocycles. The van der Waals surface area contributed by atoms with Crippen molar-refractivity contribution in [3.8, 4) is 0 Å². The SMILES string of the molecule is Cc1cc(C(=O)N2CCCC(N)C2)c2ccccc2n1.Cl.Cl. The van der Waals surface area contributed by atoms with Gasteiger partial charge in [0.25, 0.3) is 5.91 Å². The highest BCUT2D eigenvalue weighted by Crippen LogP contribution is 2.21. The lowest BCUT2D eigenvalue weighted by atomic mass is 10.0. The number of carbonyl (C=O) groups is 1. The second-order valence-corrected chi connectivity index (χ2v) is 5.48. The Morgan fingerprint density at radius 3 is 2.77 bits per heavy atom. The number of aryl methyl sites for hydroxylation is 1. The third-order valence-corrected chi connectivity index (χ3v) is 3.82. The van der Waals surface area contributed by atoms with E-state index in [9.17, 15) is 4.79 Å². The summed E-state index contributed by atoms with van der Waals surface area (Å²) in [6.07, 6.45) is 1.98. The van der Waals surface area contributed by atoms with Gasteiger partial charge in [-0.25, -0.2) is 0 Å². The quantitative estimate of drug-likeness (QED) is 0.867. The summed E-state index contributed by atoms with van der Waals surface area (Å²) in [7, 11) is 0. The molecule has 1 aliphatic heterocycles. The molecule has 0 radical (unpaired) electrons. The molecule has 1 aromatic heterocycles. The Labute approximate surface area is 142 Å². The van der Waals surface area contributed by atoms with Gasteiger partial charge < -0.3 is 10.6 Å². The van der Waals surface area contributed by atoms with Crippen LogP contribution in [-0.2, 0) is 0 Å². The highest BCUT2D eigenvalue weighted by molar-refractivity contribution is 6.06. The average molecular weight is 342 g/mol. The zero-order valence-electron chi connectivity index (χ0n) is 12.5. The molecule has 2 aromatic rings. The minimum atomic E-state index is 0. The number of amides is 1. The van der Waals surface area contributed by atoms with Crippen LogP contribution in [0.3, 0.4) is 0 Å². The third kappa shape index (κ3) is 3.69. The fourth-order valence-corrected chi connectivity index (χ4v) is 2.85. The maximum absolute atomic E-state index is 12.8. The van der Waals surface area contributed by atoms with Crippen LogP contribution in [0.4, 0.5) is 0 Å². The van der Waals surface area contributed by atoms with E-state index in [1.807, 2.05) is 42.2 Å². The van der Waals surface area contributed by atoms with Crippen molar-refractivity contribution in [1.29, 1.82) is 0 Å². The highest BCUT2D eigenvalue weighted by atomic mass is 35.5. The number of nitrogens with zero attached hydrogens (tertiary/aromatic N) is 2. The summed E-state index contributed by atoms with van der Waals surface area (Å²) in [5, 5.41) is 0.919. The summed E-state index contributed by atoms with van der Waals surface area (Å²) < 4.78 is 0. The zero-order valence-corrected chi connectivity index (χ0v) is 14.1. The Hall–Kier alpha value is -1.36. The van der Waals surface area contributed by atoms with Gasteiger partial charge in [0.15, 0.2) is 0 Å². The minimum absolute atomic E-state index is 0. The average Bonchev–Trinajstić information content (AvgIpc) is 2.45. The number of rotatable bonds is 1. The first-order valence-corrected chi connectivity index (χ1v) is 7.06. The molecule has 120 valence electrons. The van der Waals surface area contributed by atoms with E-state index < -0.39 is 0 Å². The summed E-state index contributed by atoms with van der Waals surface area (Å²) in [6.45, 7) is 3.36.